The lowest BCUT2D eigenvalue weighted by atomic mass is 10.2. The Balaban J connectivity index is 2.41. The first-order chi connectivity index (χ1) is 5.83. The SMILES string of the molecule is CCNP(C)Cc1ccccc1. The van der Waals surface area contributed by atoms with Crippen molar-refractivity contribution in [2.75, 3.05) is 13.2 Å². The van der Waals surface area contributed by atoms with Gasteiger partial charge >= 0.3 is 0 Å². The minimum absolute atomic E-state index is 0.00694. The highest BCUT2D eigenvalue weighted by atomic mass is 31.1. The molecule has 1 rings (SSSR count). The van der Waals surface area contributed by atoms with E-state index in [1.54, 1.807) is 0 Å². The van der Waals surface area contributed by atoms with Crippen LogP contribution in [0.25, 0.3) is 0 Å². The minimum atomic E-state index is -0.00694. The van der Waals surface area contributed by atoms with Crippen molar-refractivity contribution < 1.29 is 0 Å². The molecule has 1 atom stereocenters. The second-order valence-corrected chi connectivity index (χ2v) is 4.88. The summed E-state index contributed by atoms with van der Waals surface area (Å²) in [7, 11) is -0.00694. The van der Waals surface area contributed by atoms with Crippen LogP contribution in [0.2, 0.25) is 0 Å². The van der Waals surface area contributed by atoms with E-state index in [1.807, 2.05) is 0 Å². The van der Waals surface area contributed by atoms with Gasteiger partial charge in [-0.1, -0.05) is 37.3 Å². The topological polar surface area (TPSA) is 12.0 Å². The lowest BCUT2D eigenvalue weighted by Gasteiger charge is -2.11. The van der Waals surface area contributed by atoms with E-state index in [2.05, 4.69) is 49.0 Å². The van der Waals surface area contributed by atoms with Crippen molar-refractivity contribution in [3.05, 3.63) is 35.9 Å². The highest BCUT2D eigenvalue weighted by Gasteiger charge is 1.99. The van der Waals surface area contributed by atoms with Gasteiger partial charge < -0.3 is 0 Å². The van der Waals surface area contributed by atoms with Crippen molar-refractivity contribution in [2.24, 2.45) is 0 Å². The molecule has 2 heteroatoms. The third kappa shape index (κ3) is 3.34. The summed E-state index contributed by atoms with van der Waals surface area (Å²) >= 11 is 0. The summed E-state index contributed by atoms with van der Waals surface area (Å²) in [5.74, 6) is 0. The van der Waals surface area contributed by atoms with Crippen LogP contribution in [0.1, 0.15) is 12.5 Å². The molecule has 0 radical (unpaired) electrons. The van der Waals surface area contributed by atoms with Crippen LogP contribution in [0.15, 0.2) is 30.3 Å². The first-order valence-electron chi connectivity index (χ1n) is 4.31. The molecule has 1 nitrogen and oxygen atoms in total. The van der Waals surface area contributed by atoms with Crippen LogP contribution in [0.4, 0.5) is 0 Å². The van der Waals surface area contributed by atoms with Gasteiger partial charge in [-0.05, 0) is 26.8 Å². The summed E-state index contributed by atoms with van der Waals surface area (Å²) in [6.07, 6.45) is 1.18. The number of nitrogens with one attached hydrogen (secondary N) is 1. The zero-order chi connectivity index (χ0) is 8.81. The number of benzene rings is 1. The van der Waals surface area contributed by atoms with Crippen molar-refractivity contribution in [3.8, 4) is 0 Å². The molecule has 0 amide bonds. The fourth-order valence-corrected chi connectivity index (χ4v) is 2.59. The Morgan fingerprint density at radius 2 is 1.92 bits per heavy atom. The monoisotopic (exact) mass is 181 g/mol. The summed E-state index contributed by atoms with van der Waals surface area (Å²) in [5, 5.41) is 3.46. The Kier molecular flexibility index (Phi) is 4.27. The molecule has 0 aromatic heterocycles. The maximum Gasteiger partial charge on any atom is 0.00554 e. The Hall–Kier alpha value is -0.390. The van der Waals surface area contributed by atoms with Crippen LogP contribution in [-0.2, 0) is 6.16 Å². The van der Waals surface area contributed by atoms with Gasteiger partial charge in [-0.3, -0.25) is 5.09 Å². The van der Waals surface area contributed by atoms with Gasteiger partial charge in [0.2, 0.25) is 0 Å². The summed E-state index contributed by atoms with van der Waals surface area (Å²) in [6.45, 7) is 5.52. The van der Waals surface area contributed by atoms with Gasteiger partial charge in [0.15, 0.2) is 0 Å². The number of rotatable bonds is 4. The maximum absolute atomic E-state index is 3.46. The first kappa shape index (κ1) is 9.70. The summed E-state index contributed by atoms with van der Waals surface area (Å²) in [4.78, 5) is 0. The van der Waals surface area contributed by atoms with Gasteiger partial charge in [-0.25, -0.2) is 0 Å². The lowest BCUT2D eigenvalue weighted by molar-refractivity contribution is 1.01. The molecule has 0 heterocycles. The molecule has 1 N–H and O–H groups in total. The van der Waals surface area contributed by atoms with Crippen LogP contribution >= 0.6 is 8.07 Å². The van der Waals surface area contributed by atoms with Gasteiger partial charge in [0.25, 0.3) is 0 Å². The molecule has 1 unspecified atom stereocenters. The highest BCUT2D eigenvalue weighted by molar-refractivity contribution is 7.53. The molecular weight excluding hydrogens is 165 g/mol. The van der Waals surface area contributed by atoms with Crippen molar-refractivity contribution in [1.82, 2.24) is 5.09 Å². The second-order valence-electron chi connectivity index (χ2n) is 2.85. The van der Waals surface area contributed by atoms with Gasteiger partial charge in [-0.2, -0.15) is 0 Å². The molecule has 0 aliphatic carbocycles. The average molecular weight is 181 g/mol. The Morgan fingerprint density at radius 1 is 1.25 bits per heavy atom. The van der Waals surface area contributed by atoms with E-state index in [1.165, 1.54) is 11.7 Å². The highest BCUT2D eigenvalue weighted by Crippen LogP contribution is 2.29. The fourth-order valence-electron chi connectivity index (χ4n) is 1.18. The Morgan fingerprint density at radius 3 is 2.50 bits per heavy atom. The van der Waals surface area contributed by atoms with Crippen LogP contribution in [-0.4, -0.2) is 13.2 Å². The van der Waals surface area contributed by atoms with Crippen molar-refractivity contribution in [2.45, 2.75) is 13.1 Å². The molecule has 1 aromatic rings. The standard InChI is InChI=1S/C10H16NP/c1-3-11-12(2)9-10-7-5-4-6-8-10/h4-8,11H,3,9H2,1-2H3. The maximum atomic E-state index is 3.46. The molecule has 0 aliphatic rings. The largest absolute Gasteiger partial charge is 0.296 e. The number of hydrogen-bond acceptors (Lipinski definition) is 1. The summed E-state index contributed by atoms with van der Waals surface area (Å²) in [6, 6.07) is 10.6. The van der Waals surface area contributed by atoms with E-state index in [4.69, 9.17) is 0 Å². The first-order valence-corrected chi connectivity index (χ1v) is 6.29. The second kappa shape index (κ2) is 5.29. The zero-order valence-electron chi connectivity index (χ0n) is 7.75. The summed E-state index contributed by atoms with van der Waals surface area (Å²) < 4.78 is 0. The smallest absolute Gasteiger partial charge is 0.00554 e. The van der Waals surface area contributed by atoms with Crippen molar-refractivity contribution >= 4 is 8.07 Å². The molecule has 66 valence electrons. The van der Waals surface area contributed by atoms with Crippen molar-refractivity contribution in [3.63, 3.8) is 0 Å². The minimum Gasteiger partial charge on any atom is -0.296 e. The normalized spacial score (nSPS) is 12.8. The molecule has 0 aliphatic heterocycles. The van der Waals surface area contributed by atoms with E-state index in [0.29, 0.717) is 0 Å². The average Bonchev–Trinajstić information content (AvgIpc) is 2.06. The molecular formula is C10H16NP. The van der Waals surface area contributed by atoms with E-state index in [9.17, 15) is 0 Å². The predicted molar refractivity (Wildman–Crippen MR) is 56.7 cm³/mol. The molecule has 0 bridgehead atoms. The fraction of sp³-hybridized carbons (Fsp3) is 0.400. The molecule has 1 aromatic carbocycles. The van der Waals surface area contributed by atoms with E-state index < -0.39 is 0 Å². The van der Waals surface area contributed by atoms with Gasteiger partial charge in [0, 0.05) is 6.16 Å². The molecule has 0 saturated carbocycles. The molecule has 0 saturated heterocycles. The van der Waals surface area contributed by atoms with E-state index in [0.717, 1.165) is 6.54 Å². The van der Waals surface area contributed by atoms with Crippen molar-refractivity contribution in [1.29, 1.82) is 0 Å². The van der Waals surface area contributed by atoms with Gasteiger partial charge in [0.1, 0.15) is 0 Å². The quantitative estimate of drug-likeness (QED) is 0.704. The van der Waals surface area contributed by atoms with Crippen LogP contribution in [0.5, 0.6) is 0 Å². The number of hydrogen-bond donors (Lipinski definition) is 1. The van der Waals surface area contributed by atoms with Gasteiger partial charge in [0.05, 0.1) is 0 Å². The lowest BCUT2D eigenvalue weighted by Crippen LogP contribution is -2.05. The zero-order valence-corrected chi connectivity index (χ0v) is 8.64. The van der Waals surface area contributed by atoms with E-state index >= 15 is 0 Å². The Labute approximate surface area is 76.0 Å². The van der Waals surface area contributed by atoms with E-state index in [-0.39, 0.29) is 8.07 Å². The summed E-state index contributed by atoms with van der Waals surface area (Å²) in [5.41, 5.74) is 1.44. The molecule has 12 heavy (non-hydrogen) atoms. The van der Waals surface area contributed by atoms with Gasteiger partial charge in [-0.15, -0.1) is 0 Å². The predicted octanol–water partition coefficient (Wildman–Crippen LogP) is 2.82. The molecule has 0 fully saturated rings. The molecule has 0 spiro atoms. The third-order valence-electron chi connectivity index (χ3n) is 1.69. The van der Waals surface area contributed by atoms with Crippen LogP contribution < -0.4 is 5.09 Å². The van der Waals surface area contributed by atoms with Crippen LogP contribution in [0, 0.1) is 0 Å². The third-order valence-corrected chi connectivity index (χ3v) is 3.39. The van der Waals surface area contributed by atoms with Crippen LogP contribution in [0.3, 0.4) is 0 Å². The Bertz CT molecular complexity index is 210.